The van der Waals surface area contributed by atoms with E-state index in [1.165, 1.54) is 0 Å². The Hall–Kier alpha value is -1.43. The van der Waals surface area contributed by atoms with Crippen molar-refractivity contribution < 1.29 is 5.11 Å². The van der Waals surface area contributed by atoms with Gasteiger partial charge in [0, 0.05) is 37.0 Å². The van der Waals surface area contributed by atoms with Crippen LogP contribution in [0.5, 0.6) is 0 Å². The zero-order valence-electron chi connectivity index (χ0n) is 11.5. The lowest BCUT2D eigenvalue weighted by atomic mass is 10.1. The second kappa shape index (κ2) is 7.38. The van der Waals surface area contributed by atoms with Crippen molar-refractivity contribution in [2.24, 2.45) is 0 Å². The fourth-order valence-corrected chi connectivity index (χ4v) is 2.25. The summed E-state index contributed by atoms with van der Waals surface area (Å²) in [6, 6.07) is 7.94. The highest BCUT2D eigenvalue weighted by Gasteiger charge is 2.09. The van der Waals surface area contributed by atoms with E-state index in [2.05, 4.69) is 22.6 Å². The molecule has 5 nitrogen and oxygen atoms in total. The van der Waals surface area contributed by atoms with Gasteiger partial charge in [-0.1, -0.05) is 35.0 Å². The molecule has 2 rings (SSSR count). The molecular weight excluding hydrogens is 276 g/mol. The van der Waals surface area contributed by atoms with Crippen LogP contribution in [0.4, 0.5) is 0 Å². The van der Waals surface area contributed by atoms with E-state index in [1.54, 1.807) is 4.68 Å². The Labute approximate surface area is 123 Å². The van der Waals surface area contributed by atoms with Crippen LogP contribution in [0.15, 0.2) is 30.5 Å². The first kappa shape index (κ1) is 15.0. The molecule has 0 fully saturated rings. The summed E-state index contributed by atoms with van der Waals surface area (Å²) < 4.78 is 1.74. The van der Waals surface area contributed by atoms with Crippen molar-refractivity contribution >= 4 is 11.6 Å². The number of benzene rings is 1. The van der Waals surface area contributed by atoms with Gasteiger partial charge in [-0.2, -0.15) is 0 Å². The van der Waals surface area contributed by atoms with Gasteiger partial charge >= 0.3 is 0 Å². The standard InChI is InChI=1S/C14H19ClN4O/c1-11(13-5-2-3-6-14(13)15)16-9-12-10-19(18-17-12)7-4-8-20/h2-3,5-6,10-11,16,20H,4,7-9H2,1H3/t11-/m1/s1. The quantitative estimate of drug-likeness (QED) is 0.821. The summed E-state index contributed by atoms with van der Waals surface area (Å²) >= 11 is 6.17. The van der Waals surface area contributed by atoms with Gasteiger partial charge < -0.3 is 10.4 Å². The minimum absolute atomic E-state index is 0.145. The number of hydrogen-bond acceptors (Lipinski definition) is 4. The molecule has 0 aliphatic heterocycles. The molecule has 1 aromatic carbocycles. The predicted molar refractivity (Wildman–Crippen MR) is 78.4 cm³/mol. The van der Waals surface area contributed by atoms with E-state index in [1.807, 2.05) is 30.5 Å². The van der Waals surface area contributed by atoms with Gasteiger partial charge in [0.05, 0.1) is 5.69 Å². The van der Waals surface area contributed by atoms with E-state index < -0.39 is 0 Å². The van der Waals surface area contributed by atoms with Gasteiger partial charge in [-0.3, -0.25) is 4.68 Å². The van der Waals surface area contributed by atoms with Crippen molar-refractivity contribution in [3.63, 3.8) is 0 Å². The number of nitrogens with one attached hydrogen (secondary N) is 1. The predicted octanol–water partition coefficient (Wildman–Crippen LogP) is 2.16. The van der Waals surface area contributed by atoms with Crippen LogP contribution in [0, 0.1) is 0 Å². The van der Waals surface area contributed by atoms with Gasteiger partial charge in [-0.25, -0.2) is 0 Å². The lowest BCUT2D eigenvalue weighted by Gasteiger charge is -2.14. The minimum Gasteiger partial charge on any atom is -0.396 e. The molecule has 0 unspecified atom stereocenters. The Bertz CT molecular complexity index is 543. The van der Waals surface area contributed by atoms with Crippen molar-refractivity contribution in [3.05, 3.63) is 46.7 Å². The maximum Gasteiger partial charge on any atom is 0.0965 e. The number of nitrogens with zero attached hydrogens (tertiary/aromatic N) is 3. The molecule has 6 heteroatoms. The molecule has 2 N–H and O–H groups in total. The Balaban J connectivity index is 1.88. The fourth-order valence-electron chi connectivity index (χ4n) is 1.96. The van der Waals surface area contributed by atoms with Crippen molar-refractivity contribution in [1.29, 1.82) is 0 Å². The second-order valence-corrected chi connectivity index (χ2v) is 5.08. The second-order valence-electron chi connectivity index (χ2n) is 4.67. The lowest BCUT2D eigenvalue weighted by Crippen LogP contribution is -2.18. The molecule has 1 heterocycles. The Morgan fingerprint density at radius 3 is 2.95 bits per heavy atom. The van der Waals surface area contributed by atoms with Gasteiger partial charge in [0.1, 0.15) is 0 Å². The van der Waals surface area contributed by atoms with Crippen LogP contribution in [0.2, 0.25) is 5.02 Å². The maximum atomic E-state index is 8.78. The molecule has 0 spiro atoms. The van der Waals surface area contributed by atoms with Crippen molar-refractivity contribution in [3.8, 4) is 0 Å². The molecule has 0 bridgehead atoms. The summed E-state index contributed by atoms with van der Waals surface area (Å²) in [5, 5.41) is 21.0. The van der Waals surface area contributed by atoms with Crippen molar-refractivity contribution in [2.75, 3.05) is 6.61 Å². The molecule has 0 amide bonds. The van der Waals surface area contributed by atoms with Crippen molar-refractivity contribution in [2.45, 2.75) is 32.5 Å². The number of aliphatic hydroxyl groups is 1. The van der Waals surface area contributed by atoms with E-state index in [9.17, 15) is 0 Å². The van der Waals surface area contributed by atoms with Crippen LogP contribution in [-0.4, -0.2) is 26.7 Å². The molecule has 1 aromatic heterocycles. The highest BCUT2D eigenvalue weighted by molar-refractivity contribution is 6.31. The molecule has 1 atom stereocenters. The Kier molecular flexibility index (Phi) is 5.52. The van der Waals surface area contributed by atoms with Gasteiger partial charge in [-0.15, -0.1) is 5.10 Å². The third-order valence-corrected chi connectivity index (χ3v) is 3.44. The highest BCUT2D eigenvalue weighted by Crippen LogP contribution is 2.22. The first-order valence-corrected chi connectivity index (χ1v) is 7.06. The van der Waals surface area contributed by atoms with E-state index in [-0.39, 0.29) is 12.6 Å². The van der Waals surface area contributed by atoms with Crippen LogP contribution >= 0.6 is 11.6 Å². The number of hydrogen-bond donors (Lipinski definition) is 2. The summed E-state index contributed by atoms with van der Waals surface area (Å²) in [7, 11) is 0. The molecule has 0 saturated carbocycles. The van der Waals surface area contributed by atoms with Gasteiger partial charge in [-0.05, 0) is 25.0 Å². The average molecular weight is 295 g/mol. The Morgan fingerprint density at radius 2 is 2.20 bits per heavy atom. The normalized spacial score (nSPS) is 12.6. The SMILES string of the molecule is C[C@@H](NCc1cn(CCCO)nn1)c1ccccc1Cl. The van der Waals surface area contributed by atoms with Gasteiger partial charge in [0.2, 0.25) is 0 Å². The van der Waals surface area contributed by atoms with Crippen LogP contribution in [0.25, 0.3) is 0 Å². The summed E-state index contributed by atoms with van der Waals surface area (Å²) in [5.41, 5.74) is 1.95. The maximum absolute atomic E-state index is 8.78. The molecule has 108 valence electrons. The minimum atomic E-state index is 0.145. The summed E-state index contributed by atoms with van der Waals surface area (Å²) in [5.74, 6) is 0. The number of aryl methyl sites for hydroxylation is 1. The van der Waals surface area contributed by atoms with E-state index in [0.29, 0.717) is 19.5 Å². The average Bonchev–Trinajstić information content (AvgIpc) is 2.91. The summed E-state index contributed by atoms with van der Waals surface area (Å²) in [6.45, 7) is 3.55. The first-order valence-electron chi connectivity index (χ1n) is 6.68. The van der Waals surface area contributed by atoms with Gasteiger partial charge in [0.25, 0.3) is 0 Å². The number of halogens is 1. The molecule has 2 aromatic rings. The van der Waals surface area contributed by atoms with E-state index >= 15 is 0 Å². The molecule has 0 aliphatic rings. The van der Waals surface area contributed by atoms with Crippen LogP contribution < -0.4 is 5.32 Å². The summed E-state index contributed by atoms with van der Waals surface area (Å²) in [6.07, 6.45) is 2.58. The molecular formula is C14H19ClN4O. The largest absolute Gasteiger partial charge is 0.396 e. The monoisotopic (exact) mass is 294 g/mol. The van der Waals surface area contributed by atoms with Gasteiger partial charge in [0.15, 0.2) is 0 Å². The van der Waals surface area contributed by atoms with Crippen LogP contribution in [0.3, 0.4) is 0 Å². The summed E-state index contributed by atoms with van der Waals surface area (Å²) in [4.78, 5) is 0. The third kappa shape index (κ3) is 4.03. The third-order valence-electron chi connectivity index (χ3n) is 3.09. The fraction of sp³-hybridized carbons (Fsp3) is 0.429. The zero-order chi connectivity index (χ0) is 14.4. The smallest absolute Gasteiger partial charge is 0.0965 e. The number of aromatic nitrogens is 3. The topological polar surface area (TPSA) is 63.0 Å². The van der Waals surface area contributed by atoms with E-state index in [4.69, 9.17) is 16.7 Å². The van der Waals surface area contributed by atoms with Crippen LogP contribution in [-0.2, 0) is 13.1 Å². The molecule has 0 radical (unpaired) electrons. The number of rotatable bonds is 7. The highest BCUT2D eigenvalue weighted by atomic mass is 35.5. The Morgan fingerprint density at radius 1 is 1.40 bits per heavy atom. The van der Waals surface area contributed by atoms with E-state index in [0.717, 1.165) is 16.3 Å². The first-order chi connectivity index (χ1) is 9.70. The zero-order valence-corrected chi connectivity index (χ0v) is 12.2. The number of aliphatic hydroxyl groups excluding tert-OH is 1. The van der Waals surface area contributed by atoms with Crippen molar-refractivity contribution in [1.82, 2.24) is 20.3 Å². The molecule has 20 heavy (non-hydrogen) atoms. The van der Waals surface area contributed by atoms with Crippen LogP contribution in [0.1, 0.15) is 30.6 Å². The molecule has 0 saturated heterocycles. The lowest BCUT2D eigenvalue weighted by molar-refractivity contribution is 0.276. The molecule has 0 aliphatic carbocycles.